The first-order valence-electron chi connectivity index (χ1n) is 9.01. The van der Waals surface area contributed by atoms with Gasteiger partial charge in [-0.15, -0.1) is 0 Å². The van der Waals surface area contributed by atoms with Crippen LogP contribution in [0.2, 0.25) is 0 Å². The summed E-state index contributed by atoms with van der Waals surface area (Å²) in [6.07, 6.45) is 1.83. The fourth-order valence-corrected chi connectivity index (χ4v) is 5.26. The second kappa shape index (κ2) is 7.50. The molecule has 1 aromatic rings. The van der Waals surface area contributed by atoms with Crippen LogP contribution in [0.25, 0.3) is 0 Å². The molecule has 8 nitrogen and oxygen atoms in total. The molecule has 0 aromatic heterocycles. The van der Waals surface area contributed by atoms with Crippen LogP contribution in [0.15, 0.2) is 23.1 Å². The molecule has 144 valence electrons. The third-order valence-electron chi connectivity index (χ3n) is 5.25. The van der Waals surface area contributed by atoms with E-state index in [0.717, 1.165) is 25.9 Å². The highest BCUT2D eigenvalue weighted by atomic mass is 32.2. The van der Waals surface area contributed by atoms with Gasteiger partial charge in [0.1, 0.15) is 5.69 Å². The lowest BCUT2D eigenvalue weighted by molar-refractivity contribution is -0.384. The van der Waals surface area contributed by atoms with Crippen LogP contribution in [-0.2, 0) is 10.0 Å². The van der Waals surface area contributed by atoms with E-state index in [2.05, 4.69) is 4.90 Å². The van der Waals surface area contributed by atoms with E-state index in [0.29, 0.717) is 37.8 Å². The van der Waals surface area contributed by atoms with Crippen molar-refractivity contribution in [1.82, 2.24) is 9.21 Å². The van der Waals surface area contributed by atoms with Gasteiger partial charge < -0.3 is 9.80 Å². The Labute approximate surface area is 154 Å². The van der Waals surface area contributed by atoms with Crippen LogP contribution < -0.4 is 4.90 Å². The molecular formula is C17H26N4O4S. The first-order chi connectivity index (χ1) is 12.3. The van der Waals surface area contributed by atoms with Crippen molar-refractivity contribution in [3.05, 3.63) is 28.3 Å². The number of piperidine rings is 1. The third kappa shape index (κ3) is 3.84. The normalized spacial score (nSPS) is 23.2. The molecule has 1 aromatic carbocycles. The summed E-state index contributed by atoms with van der Waals surface area (Å²) < 4.78 is 27.3. The van der Waals surface area contributed by atoms with Crippen molar-refractivity contribution >= 4 is 21.4 Å². The monoisotopic (exact) mass is 382 g/mol. The Hall–Kier alpha value is -1.71. The van der Waals surface area contributed by atoms with E-state index >= 15 is 0 Å². The second-order valence-corrected chi connectivity index (χ2v) is 9.25. The molecule has 0 aliphatic carbocycles. The highest BCUT2D eigenvalue weighted by molar-refractivity contribution is 7.89. The molecule has 2 fully saturated rings. The van der Waals surface area contributed by atoms with Gasteiger partial charge in [-0.05, 0) is 37.9 Å². The fourth-order valence-electron chi connectivity index (χ4n) is 3.64. The van der Waals surface area contributed by atoms with Gasteiger partial charge in [-0.2, -0.15) is 4.31 Å². The lowest BCUT2D eigenvalue weighted by Gasteiger charge is -2.34. The average Bonchev–Trinajstić information content (AvgIpc) is 2.62. The lowest BCUT2D eigenvalue weighted by Crippen LogP contribution is -2.44. The molecule has 2 aliphatic heterocycles. The molecule has 2 saturated heterocycles. The fraction of sp³-hybridized carbons (Fsp3) is 0.647. The zero-order chi connectivity index (χ0) is 18.9. The van der Waals surface area contributed by atoms with E-state index in [-0.39, 0.29) is 10.6 Å². The van der Waals surface area contributed by atoms with Crippen LogP contribution in [0.4, 0.5) is 11.4 Å². The summed E-state index contributed by atoms with van der Waals surface area (Å²) in [5.41, 5.74) is 0.356. The molecule has 2 heterocycles. The van der Waals surface area contributed by atoms with Gasteiger partial charge in [0.25, 0.3) is 5.69 Å². The van der Waals surface area contributed by atoms with Gasteiger partial charge in [0.2, 0.25) is 10.0 Å². The number of likely N-dealkylation sites (N-methyl/N-ethyl adjacent to an activating group) is 1. The summed E-state index contributed by atoms with van der Waals surface area (Å²) in [7, 11) is -1.69. The van der Waals surface area contributed by atoms with Gasteiger partial charge in [0.05, 0.1) is 9.82 Å². The van der Waals surface area contributed by atoms with E-state index in [1.54, 1.807) is 6.07 Å². The topological polar surface area (TPSA) is 87.0 Å². The van der Waals surface area contributed by atoms with Crippen molar-refractivity contribution < 1.29 is 13.3 Å². The Morgan fingerprint density at radius 2 is 1.85 bits per heavy atom. The molecule has 0 bridgehead atoms. The zero-order valence-electron chi connectivity index (χ0n) is 15.3. The summed E-state index contributed by atoms with van der Waals surface area (Å²) in [6.45, 7) is 5.99. The number of nitrogens with zero attached hydrogens (tertiary/aromatic N) is 4. The number of hydrogen-bond acceptors (Lipinski definition) is 6. The van der Waals surface area contributed by atoms with E-state index in [4.69, 9.17) is 0 Å². The van der Waals surface area contributed by atoms with Gasteiger partial charge in [-0.25, -0.2) is 8.42 Å². The molecule has 0 radical (unpaired) electrons. The van der Waals surface area contributed by atoms with E-state index in [1.807, 2.05) is 18.9 Å². The van der Waals surface area contributed by atoms with Crippen LogP contribution in [0.3, 0.4) is 0 Å². The van der Waals surface area contributed by atoms with E-state index in [9.17, 15) is 18.5 Å². The van der Waals surface area contributed by atoms with Crippen molar-refractivity contribution in [2.75, 3.05) is 51.2 Å². The zero-order valence-corrected chi connectivity index (χ0v) is 16.1. The van der Waals surface area contributed by atoms with Crippen LogP contribution in [0.1, 0.15) is 19.8 Å². The second-order valence-electron chi connectivity index (χ2n) is 7.31. The summed E-state index contributed by atoms with van der Waals surface area (Å²) in [5.74, 6) is 0.304. The van der Waals surface area contributed by atoms with Crippen molar-refractivity contribution in [2.24, 2.45) is 5.92 Å². The highest BCUT2D eigenvalue weighted by Crippen LogP contribution is 2.33. The first-order valence-corrected chi connectivity index (χ1v) is 10.4. The number of sulfonamides is 1. The SMILES string of the molecule is C[C@H]1CCCN(S(=O)(=O)c2ccc(N3CCN(C)CC3)c([N+](=O)[O-])c2)C1. The van der Waals surface area contributed by atoms with Crippen molar-refractivity contribution in [2.45, 2.75) is 24.7 Å². The molecule has 0 amide bonds. The Bertz CT molecular complexity index is 775. The van der Waals surface area contributed by atoms with E-state index in [1.165, 1.54) is 16.4 Å². The summed E-state index contributed by atoms with van der Waals surface area (Å²) in [5, 5.41) is 11.6. The number of benzene rings is 1. The van der Waals surface area contributed by atoms with Gasteiger partial charge in [0.15, 0.2) is 0 Å². The minimum atomic E-state index is -3.71. The van der Waals surface area contributed by atoms with Gasteiger partial charge in [-0.3, -0.25) is 10.1 Å². The van der Waals surface area contributed by atoms with Gasteiger partial charge in [-0.1, -0.05) is 6.92 Å². The summed E-state index contributed by atoms with van der Waals surface area (Å²) in [4.78, 5) is 15.2. The number of rotatable bonds is 4. The summed E-state index contributed by atoms with van der Waals surface area (Å²) >= 11 is 0. The standard InChI is InChI=1S/C17H26N4O4S/c1-14-4-3-7-20(13-14)26(24,25)15-5-6-16(17(12-15)21(22)23)19-10-8-18(2)9-11-19/h5-6,12,14H,3-4,7-11,13H2,1-2H3/t14-/m0/s1. The molecule has 0 N–H and O–H groups in total. The largest absolute Gasteiger partial charge is 0.363 e. The Morgan fingerprint density at radius 3 is 2.46 bits per heavy atom. The number of anilines is 1. The first kappa shape index (κ1) is 19.1. The maximum absolute atomic E-state index is 12.9. The minimum absolute atomic E-state index is 0.0103. The molecule has 0 unspecified atom stereocenters. The minimum Gasteiger partial charge on any atom is -0.363 e. The Kier molecular flexibility index (Phi) is 5.50. The van der Waals surface area contributed by atoms with Crippen molar-refractivity contribution in [1.29, 1.82) is 0 Å². The number of piperazine rings is 1. The molecule has 9 heteroatoms. The van der Waals surface area contributed by atoms with Crippen LogP contribution in [-0.4, -0.2) is 68.9 Å². The predicted molar refractivity (Wildman–Crippen MR) is 100.0 cm³/mol. The van der Waals surface area contributed by atoms with Crippen molar-refractivity contribution in [3.63, 3.8) is 0 Å². The smallest absolute Gasteiger partial charge is 0.293 e. The van der Waals surface area contributed by atoms with E-state index < -0.39 is 14.9 Å². The summed E-state index contributed by atoms with van der Waals surface area (Å²) in [6, 6.07) is 4.32. The molecule has 0 saturated carbocycles. The molecule has 1 atom stereocenters. The molecule has 2 aliphatic rings. The van der Waals surface area contributed by atoms with Gasteiger partial charge in [0, 0.05) is 45.3 Å². The van der Waals surface area contributed by atoms with Crippen LogP contribution in [0.5, 0.6) is 0 Å². The van der Waals surface area contributed by atoms with Crippen LogP contribution in [0, 0.1) is 16.0 Å². The number of nitro benzene ring substituents is 1. The van der Waals surface area contributed by atoms with Crippen molar-refractivity contribution in [3.8, 4) is 0 Å². The number of nitro groups is 1. The average molecular weight is 382 g/mol. The third-order valence-corrected chi connectivity index (χ3v) is 7.11. The Morgan fingerprint density at radius 1 is 1.15 bits per heavy atom. The maximum Gasteiger partial charge on any atom is 0.293 e. The predicted octanol–water partition coefficient (Wildman–Crippen LogP) is 1.77. The molecule has 0 spiro atoms. The number of hydrogen-bond donors (Lipinski definition) is 0. The van der Waals surface area contributed by atoms with Crippen LogP contribution >= 0.6 is 0 Å². The molecule has 3 rings (SSSR count). The maximum atomic E-state index is 12.9. The van der Waals surface area contributed by atoms with Gasteiger partial charge >= 0.3 is 0 Å². The molecule has 26 heavy (non-hydrogen) atoms. The lowest BCUT2D eigenvalue weighted by atomic mass is 10.0. The Balaban J connectivity index is 1.92. The molecular weight excluding hydrogens is 356 g/mol. The quantitative estimate of drug-likeness (QED) is 0.583. The highest BCUT2D eigenvalue weighted by Gasteiger charge is 2.31.